The first-order valence-electron chi connectivity index (χ1n) is 3.99. The van der Waals surface area contributed by atoms with Crippen LogP contribution in [0.5, 0.6) is 0 Å². The predicted octanol–water partition coefficient (Wildman–Crippen LogP) is 2.63. The fourth-order valence-electron chi connectivity index (χ4n) is 0.912. The van der Waals surface area contributed by atoms with Crippen molar-refractivity contribution in [2.24, 2.45) is 0 Å². The van der Waals surface area contributed by atoms with Crippen molar-refractivity contribution in [2.45, 2.75) is 6.18 Å². The second-order valence-electron chi connectivity index (χ2n) is 2.81. The Bertz CT molecular complexity index is 365. The van der Waals surface area contributed by atoms with Crippen molar-refractivity contribution in [3.63, 3.8) is 0 Å². The summed E-state index contributed by atoms with van der Waals surface area (Å²) in [5.41, 5.74) is 0.103. The Balaban J connectivity index is 2.62. The Morgan fingerprint density at radius 2 is 2.07 bits per heavy atom. The van der Waals surface area contributed by atoms with E-state index in [1.54, 1.807) is 5.32 Å². The first-order valence-corrected chi connectivity index (χ1v) is 4.37. The number of carbonyl (C=O) groups excluding carboxylic acids is 1. The fourth-order valence-corrected chi connectivity index (χ4v) is 1.10. The van der Waals surface area contributed by atoms with Crippen molar-refractivity contribution in [3.05, 3.63) is 34.9 Å². The fraction of sp³-hybridized carbons (Fsp3) is 0.222. The summed E-state index contributed by atoms with van der Waals surface area (Å²) in [6.45, 7) is -1.35. The molecule has 0 aromatic heterocycles. The van der Waals surface area contributed by atoms with Gasteiger partial charge in [-0.25, -0.2) is 0 Å². The van der Waals surface area contributed by atoms with Gasteiger partial charge in [0.25, 0.3) is 5.91 Å². The summed E-state index contributed by atoms with van der Waals surface area (Å²) in [4.78, 5) is 11.2. The lowest BCUT2D eigenvalue weighted by atomic mass is 10.2. The second kappa shape index (κ2) is 4.53. The molecule has 1 amide bonds. The van der Waals surface area contributed by atoms with Crippen molar-refractivity contribution in [1.82, 2.24) is 5.32 Å². The van der Waals surface area contributed by atoms with Crippen LogP contribution in [-0.4, -0.2) is 18.6 Å². The van der Waals surface area contributed by atoms with Gasteiger partial charge in [0.15, 0.2) is 0 Å². The highest BCUT2D eigenvalue weighted by molar-refractivity contribution is 6.30. The molecule has 82 valence electrons. The molecule has 0 radical (unpaired) electrons. The van der Waals surface area contributed by atoms with E-state index in [2.05, 4.69) is 0 Å². The van der Waals surface area contributed by atoms with E-state index in [1.165, 1.54) is 24.3 Å². The van der Waals surface area contributed by atoms with E-state index in [0.717, 1.165) is 0 Å². The molecule has 0 unspecified atom stereocenters. The van der Waals surface area contributed by atoms with Gasteiger partial charge in [-0.3, -0.25) is 4.79 Å². The van der Waals surface area contributed by atoms with E-state index in [9.17, 15) is 18.0 Å². The molecule has 2 nitrogen and oxygen atoms in total. The maximum absolute atomic E-state index is 11.8. The summed E-state index contributed by atoms with van der Waals surface area (Å²) >= 11 is 5.58. The molecule has 0 aliphatic heterocycles. The van der Waals surface area contributed by atoms with Gasteiger partial charge in [0.1, 0.15) is 6.54 Å². The lowest BCUT2D eigenvalue weighted by Gasteiger charge is -2.08. The molecule has 0 aliphatic rings. The summed E-state index contributed by atoms with van der Waals surface area (Å²) in [5.74, 6) is -0.796. The third-order valence-corrected chi connectivity index (χ3v) is 1.77. The molecule has 0 heterocycles. The maximum atomic E-state index is 11.8. The molecule has 0 aliphatic carbocycles. The number of halogens is 4. The summed E-state index contributed by atoms with van der Waals surface area (Å²) in [6, 6.07) is 5.71. The molecule has 0 spiro atoms. The van der Waals surface area contributed by atoms with Gasteiger partial charge in [0.2, 0.25) is 0 Å². The zero-order valence-corrected chi connectivity index (χ0v) is 8.19. The summed E-state index contributed by atoms with van der Waals surface area (Å²) in [5, 5.41) is 2.04. The molecule has 0 saturated carbocycles. The lowest BCUT2D eigenvalue weighted by Crippen LogP contribution is -2.33. The number of nitrogens with one attached hydrogen (secondary N) is 1. The highest BCUT2D eigenvalue weighted by Gasteiger charge is 2.27. The van der Waals surface area contributed by atoms with Crippen LogP contribution >= 0.6 is 11.6 Å². The quantitative estimate of drug-likeness (QED) is 0.842. The molecule has 1 N–H and O–H groups in total. The van der Waals surface area contributed by atoms with E-state index in [1.807, 2.05) is 0 Å². The zero-order chi connectivity index (χ0) is 11.5. The topological polar surface area (TPSA) is 29.1 Å². The third-order valence-electron chi connectivity index (χ3n) is 1.54. The Morgan fingerprint density at radius 1 is 1.40 bits per heavy atom. The van der Waals surface area contributed by atoms with Gasteiger partial charge in [-0.05, 0) is 18.2 Å². The Kier molecular flexibility index (Phi) is 3.57. The highest BCUT2D eigenvalue weighted by Crippen LogP contribution is 2.14. The normalized spacial score (nSPS) is 11.2. The number of alkyl halides is 3. The van der Waals surface area contributed by atoms with Gasteiger partial charge < -0.3 is 5.32 Å². The van der Waals surface area contributed by atoms with Crippen molar-refractivity contribution in [3.8, 4) is 0 Å². The molecule has 6 heteroatoms. The van der Waals surface area contributed by atoms with E-state index in [-0.39, 0.29) is 5.56 Å². The smallest absolute Gasteiger partial charge is 0.343 e. The van der Waals surface area contributed by atoms with Crippen LogP contribution in [0.3, 0.4) is 0 Å². The molecule has 0 saturated heterocycles. The van der Waals surface area contributed by atoms with E-state index in [4.69, 9.17) is 11.6 Å². The number of rotatable bonds is 2. The average molecular weight is 238 g/mol. The van der Waals surface area contributed by atoms with Crippen molar-refractivity contribution < 1.29 is 18.0 Å². The molecule has 0 bridgehead atoms. The Morgan fingerprint density at radius 3 is 2.60 bits per heavy atom. The van der Waals surface area contributed by atoms with Crippen molar-refractivity contribution >= 4 is 17.5 Å². The summed E-state index contributed by atoms with van der Waals surface area (Å²) in [7, 11) is 0. The van der Waals surface area contributed by atoms with E-state index < -0.39 is 18.6 Å². The molecule has 0 atom stereocenters. The number of hydrogen-bond donors (Lipinski definition) is 1. The van der Waals surface area contributed by atoms with Crippen LogP contribution < -0.4 is 5.32 Å². The molecule has 1 aromatic rings. The second-order valence-corrected chi connectivity index (χ2v) is 3.24. The maximum Gasteiger partial charge on any atom is 0.405 e. The monoisotopic (exact) mass is 237 g/mol. The number of carbonyl (C=O) groups is 1. The van der Waals surface area contributed by atoms with Crippen LogP contribution in [0.1, 0.15) is 10.4 Å². The molecule has 0 fully saturated rings. The first kappa shape index (κ1) is 11.8. The number of hydrogen-bond acceptors (Lipinski definition) is 1. The Hall–Kier alpha value is -1.23. The SMILES string of the molecule is O=C(NCC(F)(F)F)c1cccc(Cl)c1. The molecular formula is C9H7ClF3NO. The van der Waals surface area contributed by atoms with Crippen LogP contribution in [0, 0.1) is 0 Å². The molecular weight excluding hydrogens is 231 g/mol. The predicted molar refractivity (Wildman–Crippen MR) is 49.8 cm³/mol. The van der Waals surface area contributed by atoms with Gasteiger partial charge in [-0.2, -0.15) is 13.2 Å². The third kappa shape index (κ3) is 4.20. The minimum absolute atomic E-state index is 0.103. The standard InChI is InChI=1S/C9H7ClF3NO/c10-7-3-1-2-6(4-7)8(15)14-5-9(11,12)13/h1-4H,5H2,(H,14,15). The van der Waals surface area contributed by atoms with Gasteiger partial charge in [-0.1, -0.05) is 17.7 Å². The number of amides is 1. The van der Waals surface area contributed by atoms with Crippen LogP contribution in [0.2, 0.25) is 5.02 Å². The van der Waals surface area contributed by atoms with Crippen LogP contribution in [0.15, 0.2) is 24.3 Å². The van der Waals surface area contributed by atoms with Crippen molar-refractivity contribution in [1.29, 1.82) is 0 Å². The van der Waals surface area contributed by atoms with Gasteiger partial charge in [-0.15, -0.1) is 0 Å². The van der Waals surface area contributed by atoms with E-state index >= 15 is 0 Å². The molecule has 1 rings (SSSR count). The van der Waals surface area contributed by atoms with E-state index in [0.29, 0.717) is 5.02 Å². The van der Waals surface area contributed by atoms with Crippen LogP contribution in [0.25, 0.3) is 0 Å². The number of benzene rings is 1. The largest absolute Gasteiger partial charge is 0.405 e. The summed E-state index contributed by atoms with van der Waals surface area (Å²) in [6.07, 6.45) is -4.41. The van der Waals surface area contributed by atoms with Crippen LogP contribution in [-0.2, 0) is 0 Å². The average Bonchev–Trinajstić information content (AvgIpc) is 2.13. The minimum Gasteiger partial charge on any atom is -0.343 e. The first-order chi connectivity index (χ1) is 6.88. The van der Waals surface area contributed by atoms with Crippen molar-refractivity contribution in [2.75, 3.05) is 6.54 Å². The van der Waals surface area contributed by atoms with Crippen LogP contribution in [0.4, 0.5) is 13.2 Å². The van der Waals surface area contributed by atoms with Gasteiger partial charge >= 0.3 is 6.18 Å². The molecule has 15 heavy (non-hydrogen) atoms. The molecule has 1 aromatic carbocycles. The lowest BCUT2D eigenvalue weighted by molar-refractivity contribution is -0.123. The van der Waals surface area contributed by atoms with Gasteiger partial charge in [0, 0.05) is 10.6 Å². The highest BCUT2D eigenvalue weighted by atomic mass is 35.5. The minimum atomic E-state index is -4.41. The Labute approximate surface area is 89.0 Å². The van der Waals surface area contributed by atoms with Gasteiger partial charge in [0.05, 0.1) is 0 Å². The summed E-state index contributed by atoms with van der Waals surface area (Å²) < 4.78 is 35.3. The zero-order valence-electron chi connectivity index (χ0n) is 7.44.